The molecule has 2 unspecified atom stereocenters. The molecular weight excluding hydrogens is 272 g/mol. The SMILES string of the molecule is CCCOC1(C)[C@H](OC)OC(COC)[C@@H](CC)[C@H]1OCC. The van der Waals surface area contributed by atoms with Crippen LogP contribution in [0.3, 0.4) is 0 Å². The fourth-order valence-corrected chi connectivity index (χ4v) is 3.18. The molecule has 5 nitrogen and oxygen atoms in total. The van der Waals surface area contributed by atoms with Gasteiger partial charge in [0.25, 0.3) is 0 Å². The van der Waals surface area contributed by atoms with E-state index in [-0.39, 0.29) is 18.1 Å². The van der Waals surface area contributed by atoms with Crippen molar-refractivity contribution in [2.24, 2.45) is 5.92 Å². The van der Waals surface area contributed by atoms with Crippen LogP contribution in [0.5, 0.6) is 0 Å². The highest BCUT2D eigenvalue weighted by atomic mass is 16.7. The maximum atomic E-state index is 6.13. The molecule has 21 heavy (non-hydrogen) atoms. The lowest BCUT2D eigenvalue weighted by Crippen LogP contribution is -2.65. The van der Waals surface area contributed by atoms with Crippen molar-refractivity contribution in [3.63, 3.8) is 0 Å². The van der Waals surface area contributed by atoms with Crippen LogP contribution in [0.1, 0.15) is 40.5 Å². The Hall–Kier alpha value is -0.200. The fourth-order valence-electron chi connectivity index (χ4n) is 3.18. The molecule has 0 aliphatic carbocycles. The standard InChI is InChI=1S/C16H32O5/c1-7-10-20-16(4)14(19-9-3)12(8-2)13(11-17-5)21-15(16)18-6/h12-15H,7-11H2,1-6H3/t12-,13?,14-,15-,16?/m1/s1. The average molecular weight is 304 g/mol. The Morgan fingerprint density at radius 2 is 1.86 bits per heavy atom. The van der Waals surface area contributed by atoms with Gasteiger partial charge in [-0.15, -0.1) is 0 Å². The summed E-state index contributed by atoms with van der Waals surface area (Å²) < 4.78 is 29.2. The Labute approximate surface area is 129 Å². The van der Waals surface area contributed by atoms with Crippen LogP contribution in [0.15, 0.2) is 0 Å². The smallest absolute Gasteiger partial charge is 0.188 e. The molecule has 0 aromatic carbocycles. The molecule has 0 aromatic rings. The molecule has 1 aliphatic heterocycles. The zero-order chi connectivity index (χ0) is 15.9. The highest BCUT2D eigenvalue weighted by molar-refractivity contribution is 4.99. The summed E-state index contributed by atoms with van der Waals surface area (Å²) in [5.41, 5.74) is -0.605. The van der Waals surface area contributed by atoms with E-state index in [0.717, 1.165) is 12.8 Å². The molecule has 0 radical (unpaired) electrons. The molecule has 0 bridgehead atoms. The maximum Gasteiger partial charge on any atom is 0.188 e. The van der Waals surface area contributed by atoms with Crippen molar-refractivity contribution in [1.29, 1.82) is 0 Å². The van der Waals surface area contributed by atoms with E-state index < -0.39 is 11.9 Å². The predicted molar refractivity (Wildman–Crippen MR) is 81.4 cm³/mol. The maximum absolute atomic E-state index is 6.13. The molecule has 1 rings (SSSR count). The third-order valence-electron chi connectivity index (χ3n) is 4.18. The van der Waals surface area contributed by atoms with Crippen molar-refractivity contribution in [2.75, 3.05) is 34.0 Å². The third kappa shape index (κ3) is 4.17. The lowest BCUT2D eigenvalue weighted by molar-refractivity contribution is -0.339. The van der Waals surface area contributed by atoms with Gasteiger partial charge in [0.1, 0.15) is 5.60 Å². The van der Waals surface area contributed by atoms with Gasteiger partial charge in [0.15, 0.2) is 6.29 Å². The van der Waals surface area contributed by atoms with Gasteiger partial charge in [-0.1, -0.05) is 13.8 Å². The highest BCUT2D eigenvalue weighted by Crippen LogP contribution is 2.40. The second-order valence-electron chi connectivity index (χ2n) is 5.68. The molecule has 1 fully saturated rings. The summed E-state index contributed by atoms with van der Waals surface area (Å²) in [6.07, 6.45) is 1.32. The van der Waals surface area contributed by atoms with Crippen LogP contribution < -0.4 is 0 Å². The molecular formula is C16H32O5. The van der Waals surface area contributed by atoms with Crippen molar-refractivity contribution in [1.82, 2.24) is 0 Å². The normalized spacial score (nSPS) is 36.9. The van der Waals surface area contributed by atoms with Crippen molar-refractivity contribution in [3.8, 4) is 0 Å². The fraction of sp³-hybridized carbons (Fsp3) is 1.00. The zero-order valence-electron chi connectivity index (χ0n) is 14.4. The van der Waals surface area contributed by atoms with E-state index in [1.54, 1.807) is 14.2 Å². The van der Waals surface area contributed by atoms with E-state index in [1.165, 1.54) is 0 Å². The summed E-state index contributed by atoms with van der Waals surface area (Å²) in [7, 11) is 3.34. The van der Waals surface area contributed by atoms with Crippen LogP contribution in [-0.4, -0.2) is 58.1 Å². The Bertz CT molecular complexity index is 286. The Balaban J connectivity index is 3.05. The molecule has 1 heterocycles. The molecule has 0 spiro atoms. The van der Waals surface area contributed by atoms with Gasteiger partial charge in [-0.05, 0) is 26.7 Å². The Morgan fingerprint density at radius 3 is 2.33 bits per heavy atom. The molecule has 1 saturated heterocycles. The van der Waals surface area contributed by atoms with Crippen LogP contribution in [0.25, 0.3) is 0 Å². The van der Waals surface area contributed by atoms with Gasteiger partial charge in [0.05, 0.1) is 18.8 Å². The van der Waals surface area contributed by atoms with E-state index in [4.69, 9.17) is 23.7 Å². The first-order valence-electron chi connectivity index (χ1n) is 8.01. The zero-order valence-corrected chi connectivity index (χ0v) is 14.4. The monoisotopic (exact) mass is 304 g/mol. The quantitative estimate of drug-likeness (QED) is 0.655. The van der Waals surface area contributed by atoms with Crippen LogP contribution in [0.4, 0.5) is 0 Å². The van der Waals surface area contributed by atoms with E-state index in [9.17, 15) is 0 Å². The third-order valence-corrected chi connectivity index (χ3v) is 4.18. The lowest BCUT2D eigenvalue weighted by Gasteiger charge is -2.51. The topological polar surface area (TPSA) is 46.2 Å². The minimum atomic E-state index is -0.605. The number of ether oxygens (including phenoxy) is 5. The summed E-state index contributed by atoms with van der Waals surface area (Å²) in [6.45, 7) is 10.1. The molecule has 0 N–H and O–H groups in total. The van der Waals surface area contributed by atoms with Crippen LogP contribution in [0.2, 0.25) is 0 Å². The molecule has 0 saturated carbocycles. The number of hydrogen-bond donors (Lipinski definition) is 0. The molecule has 126 valence electrons. The summed E-state index contributed by atoms with van der Waals surface area (Å²) in [5.74, 6) is 0.221. The second-order valence-corrected chi connectivity index (χ2v) is 5.68. The molecule has 0 amide bonds. The van der Waals surface area contributed by atoms with Crippen LogP contribution in [-0.2, 0) is 23.7 Å². The predicted octanol–water partition coefficient (Wildman–Crippen LogP) is 2.62. The first kappa shape index (κ1) is 18.8. The van der Waals surface area contributed by atoms with Crippen molar-refractivity contribution in [2.45, 2.75) is 64.6 Å². The van der Waals surface area contributed by atoms with E-state index in [0.29, 0.717) is 19.8 Å². The van der Waals surface area contributed by atoms with Crippen molar-refractivity contribution >= 4 is 0 Å². The van der Waals surface area contributed by atoms with E-state index in [2.05, 4.69) is 13.8 Å². The largest absolute Gasteiger partial charge is 0.382 e. The van der Waals surface area contributed by atoms with E-state index >= 15 is 0 Å². The van der Waals surface area contributed by atoms with E-state index in [1.807, 2.05) is 13.8 Å². The molecule has 0 aromatic heterocycles. The number of hydrogen-bond acceptors (Lipinski definition) is 5. The first-order valence-corrected chi connectivity index (χ1v) is 8.01. The summed E-state index contributed by atoms with van der Waals surface area (Å²) in [5, 5.41) is 0. The summed E-state index contributed by atoms with van der Waals surface area (Å²) >= 11 is 0. The highest BCUT2D eigenvalue weighted by Gasteiger charge is 2.54. The van der Waals surface area contributed by atoms with Crippen molar-refractivity contribution in [3.05, 3.63) is 0 Å². The second kappa shape index (κ2) is 9.06. The lowest BCUT2D eigenvalue weighted by atomic mass is 9.79. The van der Waals surface area contributed by atoms with Gasteiger partial charge >= 0.3 is 0 Å². The van der Waals surface area contributed by atoms with Gasteiger partial charge in [-0.25, -0.2) is 0 Å². The van der Waals surface area contributed by atoms with Crippen LogP contribution in [0, 0.1) is 5.92 Å². The Kier molecular flexibility index (Phi) is 8.13. The summed E-state index contributed by atoms with van der Waals surface area (Å²) in [4.78, 5) is 0. The minimum Gasteiger partial charge on any atom is -0.382 e. The average Bonchev–Trinajstić information content (AvgIpc) is 2.49. The molecule has 5 heteroatoms. The first-order chi connectivity index (χ1) is 10.1. The van der Waals surface area contributed by atoms with Gasteiger partial charge < -0.3 is 23.7 Å². The summed E-state index contributed by atoms with van der Waals surface area (Å²) in [6, 6.07) is 0. The van der Waals surface area contributed by atoms with Gasteiger partial charge in [0.2, 0.25) is 0 Å². The Morgan fingerprint density at radius 1 is 1.14 bits per heavy atom. The van der Waals surface area contributed by atoms with Gasteiger partial charge in [0, 0.05) is 33.4 Å². The van der Waals surface area contributed by atoms with Gasteiger partial charge in [-0.3, -0.25) is 0 Å². The molecule has 1 aliphatic rings. The number of methoxy groups -OCH3 is 2. The van der Waals surface area contributed by atoms with Crippen LogP contribution >= 0.6 is 0 Å². The molecule has 5 atom stereocenters. The van der Waals surface area contributed by atoms with Crippen molar-refractivity contribution < 1.29 is 23.7 Å². The van der Waals surface area contributed by atoms with Gasteiger partial charge in [-0.2, -0.15) is 0 Å². The minimum absolute atomic E-state index is 0.0419. The number of rotatable bonds is 9.